The van der Waals surface area contributed by atoms with E-state index in [-0.39, 0.29) is 11.7 Å². The Bertz CT molecular complexity index is 655. The van der Waals surface area contributed by atoms with Gasteiger partial charge in [-0.15, -0.1) is 0 Å². The smallest absolute Gasteiger partial charge is 0.287 e. The van der Waals surface area contributed by atoms with Crippen LogP contribution < -0.4 is 5.32 Å². The van der Waals surface area contributed by atoms with Crippen LogP contribution in [-0.2, 0) is 0 Å². The van der Waals surface area contributed by atoms with Gasteiger partial charge in [0.15, 0.2) is 5.82 Å². The number of hydrogen-bond donors (Lipinski definition) is 1. The Labute approximate surface area is 121 Å². The van der Waals surface area contributed by atoms with E-state index < -0.39 is 4.92 Å². The van der Waals surface area contributed by atoms with Gasteiger partial charge in [0.05, 0.1) is 11.0 Å². The minimum Gasteiger partial charge on any atom is -0.360 e. The molecule has 0 bridgehead atoms. The average Bonchev–Trinajstić information content (AvgIpc) is 3.30. The lowest BCUT2D eigenvalue weighted by atomic mass is 10.1. The van der Waals surface area contributed by atoms with Crippen molar-refractivity contribution in [1.29, 1.82) is 0 Å². The highest BCUT2D eigenvalue weighted by atomic mass is 16.6. The fourth-order valence-electron chi connectivity index (χ4n) is 2.18. The van der Waals surface area contributed by atoms with Gasteiger partial charge in [-0.2, -0.15) is 0 Å². The third-order valence-corrected chi connectivity index (χ3v) is 3.45. The van der Waals surface area contributed by atoms with E-state index in [0.29, 0.717) is 11.7 Å². The Balaban J connectivity index is 1.81. The van der Waals surface area contributed by atoms with Crippen molar-refractivity contribution in [1.82, 2.24) is 15.0 Å². The molecule has 2 aromatic rings. The molecule has 0 saturated heterocycles. The van der Waals surface area contributed by atoms with Crippen LogP contribution in [0.4, 0.5) is 11.5 Å². The maximum atomic E-state index is 10.6. The summed E-state index contributed by atoms with van der Waals surface area (Å²) in [6.07, 6.45) is 5.26. The van der Waals surface area contributed by atoms with Gasteiger partial charge in [-0.25, -0.2) is 15.0 Å². The number of hydrogen-bond acceptors (Lipinski definition) is 6. The molecule has 0 amide bonds. The summed E-state index contributed by atoms with van der Waals surface area (Å²) in [5.74, 6) is 1.84. The zero-order valence-corrected chi connectivity index (χ0v) is 11.6. The summed E-state index contributed by atoms with van der Waals surface area (Å²) in [5, 5.41) is 13.9. The average molecular weight is 285 g/mol. The standard InChI is InChI=1S/C14H15N5O2/c1-9-6-7-15-14(17-9)13(10-2-3-10)18-12-5-4-11(8-16-12)19(20)21/h4-8,10,13H,2-3H2,1H3,(H,16,18). The van der Waals surface area contributed by atoms with Crippen molar-refractivity contribution >= 4 is 11.5 Å². The van der Waals surface area contributed by atoms with E-state index in [1.165, 1.54) is 12.3 Å². The number of nitrogens with zero attached hydrogens (tertiary/aromatic N) is 4. The Morgan fingerprint density at radius 3 is 2.71 bits per heavy atom. The maximum absolute atomic E-state index is 10.6. The first-order chi connectivity index (χ1) is 10.1. The molecule has 1 saturated carbocycles. The van der Waals surface area contributed by atoms with Crippen LogP contribution in [0.25, 0.3) is 0 Å². The van der Waals surface area contributed by atoms with E-state index in [1.807, 2.05) is 13.0 Å². The quantitative estimate of drug-likeness (QED) is 0.670. The third kappa shape index (κ3) is 3.13. The molecule has 108 valence electrons. The summed E-state index contributed by atoms with van der Waals surface area (Å²) in [5.41, 5.74) is 0.902. The Kier molecular flexibility index (Phi) is 3.47. The minimum atomic E-state index is -0.460. The highest BCUT2D eigenvalue weighted by molar-refractivity contribution is 5.42. The second-order valence-corrected chi connectivity index (χ2v) is 5.17. The lowest BCUT2D eigenvalue weighted by molar-refractivity contribution is -0.385. The second-order valence-electron chi connectivity index (χ2n) is 5.17. The maximum Gasteiger partial charge on any atom is 0.287 e. The lowest BCUT2D eigenvalue weighted by Gasteiger charge is -2.17. The summed E-state index contributed by atoms with van der Waals surface area (Å²) in [6, 6.07) is 4.91. The molecule has 7 nitrogen and oxygen atoms in total. The predicted molar refractivity (Wildman–Crippen MR) is 76.7 cm³/mol. The van der Waals surface area contributed by atoms with Gasteiger partial charge in [-0.3, -0.25) is 10.1 Å². The normalized spacial score (nSPS) is 15.5. The third-order valence-electron chi connectivity index (χ3n) is 3.45. The van der Waals surface area contributed by atoms with E-state index in [9.17, 15) is 10.1 Å². The molecule has 1 atom stereocenters. The number of aromatic nitrogens is 3. The molecular weight excluding hydrogens is 270 g/mol. The van der Waals surface area contributed by atoms with Crippen LogP contribution in [0.5, 0.6) is 0 Å². The van der Waals surface area contributed by atoms with Crippen LogP contribution in [0.1, 0.15) is 30.4 Å². The molecule has 0 aromatic carbocycles. The van der Waals surface area contributed by atoms with Gasteiger partial charge in [0.2, 0.25) is 0 Å². The molecule has 0 spiro atoms. The van der Waals surface area contributed by atoms with Gasteiger partial charge in [-0.05, 0) is 37.8 Å². The van der Waals surface area contributed by atoms with Crippen molar-refractivity contribution in [3.63, 3.8) is 0 Å². The Morgan fingerprint density at radius 1 is 1.33 bits per heavy atom. The monoisotopic (exact) mass is 285 g/mol. The fourth-order valence-corrected chi connectivity index (χ4v) is 2.18. The molecular formula is C14H15N5O2. The molecule has 1 aliphatic carbocycles. The van der Waals surface area contributed by atoms with Crippen molar-refractivity contribution in [3.8, 4) is 0 Å². The van der Waals surface area contributed by atoms with Gasteiger partial charge >= 0.3 is 0 Å². The summed E-state index contributed by atoms with van der Waals surface area (Å²) in [4.78, 5) is 23.1. The first-order valence-electron chi connectivity index (χ1n) is 6.80. The first-order valence-corrected chi connectivity index (χ1v) is 6.80. The number of pyridine rings is 1. The van der Waals surface area contributed by atoms with Crippen LogP contribution in [0, 0.1) is 23.0 Å². The molecule has 1 unspecified atom stereocenters. The molecule has 2 aromatic heterocycles. The zero-order valence-electron chi connectivity index (χ0n) is 11.6. The lowest BCUT2D eigenvalue weighted by Crippen LogP contribution is -2.17. The van der Waals surface area contributed by atoms with Gasteiger partial charge in [0.1, 0.15) is 12.0 Å². The van der Waals surface area contributed by atoms with Crippen molar-refractivity contribution in [2.24, 2.45) is 5.92 Å². The summed E-state index contributed by atoms with van der Waals surface area (Å²) in [6.45, 7) is 1.93. The van der Waals surface area contributed by atoms with E-state index in [2.05, 4.69) is 20.3 Å². The number of nitro groups is 1. The number of nitrogens with one attached hydrogen (secondary N) is 1. The number of rotatable bonds is 5. The predicted octanol–water partition coefficient (Wildman–Crippen LogP) is 2.65. The van der Waals surface area contributed by atoms with Crippen LogP contribution in [0.15, 0.2) is 30.6 Å². The van der Waals surface area contributed by atoms with Crippen molar-refractivity contribution in [2.45, 2.75) is 25.8 Å². The second kappa shape index (κ2) is 5.43. The van der Waals surface area contributed by atoms with Crippen LogP contribution >= 0.6 is 0 Å². The Hall–Kier alpha value is -2.57. The van der Waals surface area contributed by atoms with E-state index in [1.54, 1.807) is 12.3 Å². The molecule has 7 heteroatoms. The Morgan fingerprint density at radius 2 is 2.14 bits per heavy atom. The van der Waals surface area contributed by atoms with E-state index in [4.69, 9.17) is 0 Å². The topological polar surface area (TPSA) is 93.8 Å². The summed E-state index contributed by atoms with van der Waals surface area (Å²) in [7, 11) is 0. The molecule has 2 heterocycles. The number of aryl methyl sites for hydroxylation is 1. The van der Waals surface area contributed by atoms with Crippen molar-refractivity contribution < 1.29 is 4.92 Å². The van der Waals surface area contributed by atoms with Crippen LogP contribution in [0.3, 0.4) is 0 Å². The van der Waals surface area contributed by atoms with Gasteiger partial charge in [-0.1, -0.05) is 0 Å². The highest BCUT2D eigenvalue weighted by Gasteiger charge is 2.34. The van der Waals surface area contributed by atoms with Gasteiger partial charge < -0.3 is 5.32 Å². The SMILES string of the molecule is Cc1ccnc(C(Nc2ccc([N+](=O)[O-])cn2)C2CC2)n1. The summed E-state index contributed by atoms with van der Waals surface area (Å²) >= 11 is 0. The molecule has 0 radical (unpaired) electrons. The van der Waals surface area contributed by atoms with E-state index >= 15 is 0 Å². The van der Waals surface area contributed by atoms with Crippen LogP contribution in [-0.4, -0.2) is 19.9 Å². The molecule has 1 fully saturated rings. The van der Waals surface area contributed by atoms with Gasteiger partial charge in [0, 0.05) is 18.0 Å². The van der Waals surface area contributed by atoms with Crippen molar-refractivity contribution in [3.05, 3.63) is 52.2 Å². The van der Waals surface area contributed by atoms with Crippen LogP contribution in [0.2, 0.25) is 0 Å². The zero-order chi connectivity index (χ0) is 14.8. The highest BCUT2D eigenvalue weighted by Crippen LogP contribution is 2.41. The largest absolute Gasteiger partial charge is 0.360 e. The number of anilines is 1. The van der Waals surface area contributed by atoms with Crippen molar-refractivity contribution in [2.75, 3.05) is 5.32 Å². The van der Waals surface area contributed by atoms with E-state index in [0.717, 1.165) is 24.4 Å². The molecule has 1 N–H and O–H groups in total. The molecule has 0 aliphatic heterocycles. The molecule has 1 aliphatic rings. The van der Waals surface area contributed by atoms with Gasteiger partial charge in [0.25, 0.3) is 5.69 Å². The first kappa shape index (κ1) is 13.4. The minimum absolute atomic E-state index is 0.00106. The molecule has 21 heavy (non-hydrogen) atoms. The fraction of sp³-hybridized carbons (Fsp3) is 0.357. The molecule has 3 rings (SSSR count). The summed E-state index contributed by atoms with van der Waals surface area (Å²) < 4.78 is 0.